The number of thiophene rings is 1. The van der Waals surface area contributed by atoms with E-state index in [0.717, 1.165) is 32.3 Å². The maximum atomic E-state index is 12.6. The lowest BCUT2D eigenvalue weighted by Gasteiger charge is -2.08. The van der Waals surface area contributed by atoms with Gasteiger partial charge < -0.3 is 9.77 Å². The number of hydrogen-bond donors (Lipinski definition) is 0. The smallest absolute Gasteiger partial charge is 0.228 e. The van der Waals surface area contributed by atoms with Crippen LogP contribution in [0.3, 0.4) is 0 Å². The van der Waals surface area contributed by atoms with Gasteiger partial charge in [0.05, 0.1) is 11.3 Å². The predicted octanol–water partition coefficient (Wildman–Crippen LogP) is 3.40. The molecule has 4 heteroatoms. The summed E-state index contributed by atoms with van der Waals surface area (Å²) >= 11 is 1.66. The quantitative estimate of drug-likeness (QED) is 0.496. The molecule has 0 aliphatic carbocycles. The molecule has 1 aliphatic rings. The van der Waals surface area contributed by atoms with Crippen LogP contribution in [-0.2, 0) is 6.54 Å². The summed E-state index contributed by atoms with van der Waals surface area (Å²) in [4.78, 5) is 0. The summed E-state index contributed by atoms with van der Waals surface area (Å²) < 4.78 is 3.21. The third-order valence-electron chi connectivity index (χ3n) is 3.55. The van der Waals surface area contributed by atoms with Crippen molar-refractivity contribution < 1.29 is 4.74 Å². The van der Waals surface area contributed by atoms with Gasteiger partial charge in [-0.2, -0.15) is 4.74 Å². The lowest BCUT2D eigenvalue weighted by atomic mass is 10.0. The Morgan fingerprint density at radius 1 is 1.05 bits per heavy atom. The Morgan fingerprint density at radius 2 is 1.90 bits per heavy atom. The fourth-order valence-electron chi connectivity index (χ4n) is 2.67. The van der Waals surface area contributed by atoms with Crippen molar-refractivity contribution >= 4 is 17.0 Å². The predicted molar refractivity (Wildman–Crippen MR) is 80.6 cm³/mol. The molecule has 0 saturated heterocycles. The van der Waals surface area contributed by atoms with Crippen LogP contribution < -0.4 is 0 Å². The van der Waals surface area contributed by atoms with Crippen LogP contribution >= 0.6 is 11.3 Å². The lowest BCUT2D eigenvalue weighted by Crippen LogP contribution is -2.16. The second-order valence-corrected chi connectivity index (χ2v) is 5.65. The molecule has 0 radical (unpaired) electrons. The normalized spacial score (nSPS) is 13.8. The van der Waals surface area contributed by atoms with Gasteiger partial charge in [0.25, 0.3) is 0 Å². The van der Waals surface area contributed by atoms with Crippen LogP contribution in [0.25, 0.3) is 5.00 Å². The molecule has 2 aromatic heterocycles. The van der Waals surface area contributed by atoms with Crippen molar-refractivity contribution in [2.75, 3.05) is 0 Å². The van der Waals surface area contributed by atoms with E-state index < -0.39 is 0 Å². The van der Waals surface area contributed by atoms with E-state index in [0.29, 0.717) is 6.54 Å². The molecule has 0 unspecified atom stereocenters. The van der Waals surface area contributed by atoms with Crippen LogP contribution in [0.4, 0.5) is 0 Å². The zero-order valence-corrected chi connectivity index (χ0v) is 11.5. The molecule has 98 valence electrons. The first-order valence-electron chi connectivity index (χ1n) is 6.46. The Labute approximate surface area is 120 Å². The van der Waals surface area contributed by atoms with Gasteiger partial charge in [-0.1, -0.05) is 18.2 Å². The topological polar surface area (TPSA) is 31.0 Å². The SMILES string of the molecule is [O-][N+]1=C(c2ccccc2)c2ccsc2-n2cccc2C1. The van der Waals surface area contributed by atoms with Crippen LogP contribution in [0.1, 0.15) is 16.8 Å². The largest absolute Gasteiger partial charge is 0.623 e. The number of hydrogen-bond acceptors (Lipinski definition) is 2. The minimum absolute atomic E-state index is 0.374. The second kappa shape index (κ2) is 4.35. The third-order valence-corrected chi connectivity index (χ3v) is 4.47. The number of nitrogens with zero attached hydrogens (tertiary/aromatic N) is 2. The van der Waals surface area contributed by atoms with Gasteiger partial charge >= 0.3 is 0 Å². The van der Waals surface area contributed by atoms with Gasteiger partial charge in [0, 0.05) is 11.8 Å². The standard InChI is InChI=1S/C16H12N2OS/c19-18-11-13-7-4-9-17(13)16-14(8-10-20-16)15(18)12-5-2-1-3-6-12/h1-10H,11H2. The van der Waals surface area contributed by atoms with Crippen molar-refractivity contribution in [1.82, 2.24) is 4.57 Å². The summed E-state index contributed by atoms with van der Waals surface area (Å²) in [5.41, 5.74) is 3.75. The first kappa shape index (κ1) is 11.5. The number of rotatable bonds is 1. The van der Waals surface area contributed by atoms with E-state index in [1.807, 2.05) is 60.1 Å². The average molecular weight is 280 g/mol. The third kappa shape index (κ3) is 1.62. The molecule has 0 N–H and O–H groups in total. The molecule has 4 rings (SSSR count). The first-order valence-corrected chi connectivity index (χ1v) is 7.34. The minimum Gasteiger partial charge on any atom is -0.623 e. The summed E-state index contributed by atoms with van der Waals surface area (Å²) in [5, 5.41) is 15.8. The van der Waals surface area contributed by atoms with Gasteiger partial charge in [0.15, 0.2) is 6.54 Å². The zero-order valence-electron chi connectivity index (χ0n) is 10.7. The van der Waals surface area contributed by atoms with Gasteiger partial charge in [-0.15, -0.1) is 11.3 Å². The molecule has 1 aliphatic heterocycles. The maximum Gasteiger partial charge on any atom is 0.228 e. The number of benzene rings is 1. The highest BCUT2D eigenvalue weighted by molar-refractivity contribution is 7.13. The fourth-order valence-corrected chi connectivity index (χ4v) is 3.58. The molecule has 0 saturated carbocycles. The molecular weight excluding hydrogens is 268 g/mol. The van der Waals surface area contributed by atoms with E-state index in [-0.39, 0.29) is 0 Å². The van der Waals surface area contributed by atoms with Crippen molar-refractivity contribution in [1.29, 1.82) is 0 Å². The van der Waals surface area contributed by atoms with Crippen molar-refractivity contribution in [2.24, 2.45) is 0 Å². The van der Waals surface area contributed by atoms with Crippen LogP contribution in [0.5, 0.6) is 0 Å². The van der Waals surface area contributed by atoms with E-state index in [1.165, 1.54) is 0 Å². The monoisotopic (exact) mass is 280 g/mol. The van der Waals surface area contributed by atoms with Crippen molar-refractivity contribution in [3.8, 4) is 5.00 Å². The summed E-state index contributed by atoms with van der Waals surface area (Å²) in [6.07, 6.45) is 2.02. The summed E-state index contributed by atoms with van der Waals surface area (Å²) in [5.74, 6) is 0. The Morgan fingerprint density at radius 3 is 2.75 bits per heavy atom. The molecule has 3 aromatic rings. The Balaban J connectivity index is 2.01. The van der Waals surface area contributed by atoms with Gasteiger partial charge in [0.2, 0.25) is 5.71 Å². The molecule has 3 nitrogen and oxygen atoms in total. The number of aromatic nitrogens is 1. The van der Waals surface area contributed by atoms with Crippen LogP contribution in [0.15, 0.2) is 60.1 Å². The van der Waals surface area contributed by atoms with Crippen LogP contribution in [-0.4, -0.2) is 15.0 Å². The van der Waals surface area contributed by atoms with Gasteiger partial charge in [-0.3, -0.25) is 0 Å². The van der Waals surface area contributed by atoms with Gasteiger partial charge in [0.1, 0.15) is 5.00 Å². The second-order valence-electron chi connectivity index (χ2n) is 4.76. The Bertz CT molecular complexity index is 799. The molecule has 0 atom stereocenters. The van der Waals surface area contributed by atoms with Crippen LogP contribution in [0, 0.1) is 5.21 Å². The molecule has 0 amide bonds. The molecule has 0 spiro atoms. The molecule has 20 heavy (non-hydrogen) atoms. The van der Waals surface area contributed by atoms with Crippen LogP contribution in [0.2, 0.25) is 0 Å². The lowest BCUT2D eigenvalue weighted by molar-refractivity contribution is -0.474. The minimum atomic E-state index is 0.374. The van der Waals surface area contributed by atoms with E-state index in [9.17, 15) is 5.21 Å². The Hall–Kier alpha value is -2.33. The van der Waals surface area contributed by atoms with E-state index in [4.69, 9.17) is 0 Å². The summed E-state index contributed by atoms with van der Waals surface area (Å²) in [6, 6.07) is 15.9. The highest BCUT2D eigenvalue weighted by Gasteiger charge is 2.26. The van der Waals surface area contributed by atoms with Crippen molar-refractivity contribution in [3.63, 3.8) is 0 Å². The fraction of sp³-hybridized carbons (Fsp3) is 0.0625. The molecular formula is C16H12N2OS. The van der Waals surface area contributed by atoms with E-state index in [1.54, 1.807) is 11.3 Å². The first-order chi connectivity index (χ1) is 9.84. The summed E-state index contributed by atoms with van der Waals surface area (Å²) in [7, 11) is 0. The van der Waals surface area contributed by atoms with Gasteiger partial charge in [-0.25, -0.2) is 0 Å². The van der Waals surface area contributed by atoms with Gasteiger partial charge in [-0.05, 0) is 35.7 Å². The average Bonchev–Trinajstić information content (AvgIpc) is 3.08. The van der Waals surface area contributed by atoms with Crippen molar-refractivity contribution in [3.05, 3.63) is 82.1 Å². The zero-order chi connectivity index (χ0) is 13.5. The highest BCUT2D eigenvalue weighted by Crippen LogP contribution is 2.29. The molecule has 0 bridgehead atoms. The summed E-state index contributed by atoms with van der Waals surface area (Å²) in [6.45, 7) is 0.374. The number of hydroxylamine groups is 1. The molecule has 0 fully saturated rings. The maximum absolute atomic E-state index is 12.6. The highest BCUT2D eigenvalue weighted by atomic mass is 32.1. The van der Waals surface area contributed by atoms with E-state index in [2.05, 4.69) is 4.57 Å². The number of fused-ring (bicyclic) bond motifs is 3. The van der Waals surface area contributed by atoms with Crippen molar-refractivity contribution in [2.45, 2.75) is 6.54 Å². The Kier molecular flexibility index (Phi) is 2.50. The molecule has 3 heterocycles. The van der Waals surface area contributed by atoms with E-state index >= 15 is 0 Å². The molecule has 1 aromatic carbocycles.